The first-order chi connectivity index (χ1) is 10.5. The van der Waals surface area contributed by atoms with E-state index in [0.717, 1.165) is 11.3 Å². The van der Waals surface area contributed by atoms with Crippen LogP contribution in [0.1, 0.15) is 19.4 Å². The lowest BCUT2D eigenvalue weighted by Gasteiger charge is -2.21. The van der Waals surface area contributed by atoms with E-state index >= 15 is 0 Å². The number of rotatable bonds is 6. The molecule has 1 N–H and O–H groups in total. The van der Waals surface area contributed by atoms with Crippen molar-refractivity contribution < 1.29 is 14.3 Å². The third-order valence-electron chi connectivity index (χ3n) is 3.42. The molecular weight excluding hydrogens is 278 g/mol. The third kappa shape index (κ3) is 4.33. The average Bonchev–Trinajstić information content (AvgIpc) is 2.55. The Hall–Kier alpha value is -2.33. The number of methoxy groups -OCH3 is 1. The Labute approximate surface area is 131 Å². The molecule has 2 aromatic carbocycles. The molecule has 0 saturated carbocycles. The average molecular weight is 299 g/mol. The predicted molar refractivity (Wildman–Crippen MR) is 86.9 cm³/mol. The Bertz CT molecular complexity index is 606. The lowest BCUT2D eigenvalue weighted by Crippen LogP contribution is -2.38. The molecule has 4 nitrogen and oxygen atoms in total. The molecule has 0 aliphatic heterocycles. The van der Waals surface area contributed by atoms with Crippen molar-refractivity contribution in [3.05, 3.63) is 60.2 Å². The minimum absolute atomic E-state index is 0.187. The van der Waals surface area contributed by atoms with Gasteiger partial charge in [-0.05, 0) is 43.7 Å². The van der Waals surface area contributed by atoms with Gasteiger partial charge in [0, 0.05) is 12.8 Å². The summed E-state index contributed by atoms with van der Waals surface area (Å²) in [6.45, 7) is 3.96. The van der Waals surface area contributed by atoms with E-state index in [4.69, 9.17) is 9.47 Å². The fraction of sp³-hybridized carbons (Fsp3) is 0.278. The largest absolute Gasteiger partial charge is 0.489 e. The zero-order chi connectivity index (χ0) is 16.0. The number of carbonyl (C=O) groups excluding carboxylic acids is 1. The number of hydrogen-bond donors (Lipinski definition) is 1. The highest BCUT2D eigenvalue weighted by atomic mass is 16.5. The Morgan fingerprint density at radius 1 is 1.05 bits per heavy atom. The molecule has 116 valence electrons. The van der Waals surface area contributed by atoms with E-state index < -0.39 is 5.60 Å². The van der Waals surface area contributed by atoms with Gasteiger partial charge in [0.2, 0.25) is 0 Å². The molecule has 0 bridgehead atoms. The molecule has 0 aliphatic rings. The van der Waals surface area contributed by atoms with Crippen LogP contribution in [0, 0.1) is 0 Å². The number of ether oxygens (including phenoxy) is 2. The Balaban J connectivity index is 1.92. The van der Waals surface area contributed by atoms with Crippen molar-refractivity contribution in [1.29, 1.82) is 0 Å². The molecule has 4 heteroatoms. The highest BCUT2D eigenvalue weighted by molar-refractivity contribution is 5.96. The van der Waals surface area contributed by atoms with Crippen LogP contribution >= 0.6 is 0 Å². The second kappa shape index (κ2) is 7.09. The van der Waals surface area contributed by atoms with Crippen molar-refractivity contribution >= 4 is 11.6 Å². The molecule has 1 amide bonds. The summed E-state index contributed by atoms with van der Waals surface area (Å²) >= 11 is 0. The summed E-state index contributed by atoms with van der Waals surface area (Å²) in [5.41, 5.74) is 0.964. The quantitative estimate of drug-likeness (QED) is 0.886. The Morgan fingerprint density at radius 3 is 2.27 bits per heavy atom. The maximum atomic E-state index is 12.0. The van der Waals surface area contributed by atoms with Crippen molar-refractivity contribution in [3.63, 3.8) is 0 Å². The summed E-state index contributed by atoms with van der Waals surface area (Å²) in [7, 11) is 1.51. The van der Waals surface area contributed by atoms with Crippen LogP contribution in [-0.2, 0) is 16.1 Å². The molecule has 0 unspecified atom stereocenters. The zero-order valence-electron chi connectivity index (χ0n) is 13.1. The summed E-state index contributed by atoms with van der Waals surface area (Å²) in [6.07, 6.45) is 0. The number of carbonyl (C=O) groups is 1. The zero-order valence-corrected chi connectivity index (χ0v) is 13.1. The van der Waals surface area contributed by atoms with Gasteiger partial charge in [0.05, 0.1) is 0 Å². The van der Waals surface area contributed by atoms with E-state index in [9.17, 15) is 4.79 Å². The smallest absolute Gasteiger partial charge is 0.256 e. The molecule has 0 aromatic heterocycles. The van der Waals surface area contributed by atoms with E-state index in [0.29, 0.717) is 12.3 Å². The van der Waals surface area contributed by atoms with Crippen molar-refractivity contribution in [1.82, 2.24) is 0 Å². The van der Waals surface area contributed by atoms with Gasteiger partial charge < -0.3 is 14.8 Å². The van der Waals surface area contributed by atoms with E-state index in [2.05, 4.69) is 5.32 Å². The van der Waals surface area contributed by atoms with Gasteiger partial charge in [0.25, 0.3) is 5.91 Å². The van der Waals surface area contributed by atoms with Gasteiger partial charge in [-0.1, -0.05) is 30.3 Å². The second-order valence-corrected chi connectivity index (χ2v) is 5.47. The molecule has 22 heavy (non-hydrogen) atoms. The third-order valence-corrected chi connectivity index (χ3v) is 3.42. The molecule has 0 heterocycles. The number of hydrogen-bond acceptors (Lipinski definition) is 3. The molecule has 0 aliphatic carbocycles. The predicted octanol–water partition coefficient (Wildman–Crippen LogP) is 3.63. The molecular formula is C18H21NO3. The van der Waals surface area contributed by atoms with Crippen molar-refractivity contribution in [2.75, 3.05) is 12.4 Å². The van der Waals surface area contributed by atoms with Gasteiger partial charge in [-0.15, -0.1) is 0 Å². The van der Waals surface area contributed by atoms with Gasteiger partial charge in [0.15, 0.2) is 0 Å². The number of benzene rings is 2. The molecule has 2 rings (SSSR count). The van der Waals surface area contributed by atoms with Crippen LogP contribution < -0.4 is 10.1 Å². The first kappa shape index (κ1) is 16.0. The van der Waals surface area contributed by atoms with Crippen LogP contribution in [-0.4, -0.2) is 18.6 Å². The molecule has 0 saturated heterocycles. The first-order valence-electron chi connectivity index (χ1n) is 7.14. The van der Waals surface area contributed by atoms with Crippen LogP contribution in [0.4, 0.5) is 5.69 Å². The number of anilines is 1. The molecule has 0 atom stereocenters. The summed E-state index contributed by atoms with van der Waals surface area (Å²) in [4.78, 5) is 12.0. The number of nitrogens with one attached hydrogen (secondary N) is 1. The van der Waals surface area contributed by atoms with Gasteiger partial charge in [-0.3, -0.25) is 4.79 Å². The molecule has 2 aromatic rings. The minimum Gasteiger partial charge on any atom is -0.489 e. The van der Waals surface area contributed by atoms with E-state index in [1.54, 1.807) is 13.8 Å². The van der Waals surface area contributed by atoms with Crippen LogP contribution in [0.15, 0.2) is 54.6 Å². The van der Waals surface area contributed by atoms with E-state index in [1.165, 1.54) is 7.11 Å². The summed E-state index contributed by atoms with van der Waals surface area (Å²) in [5.74, 6) is 0.570. The van der Waals surface area contributed by atoms with Gasteiger partial charge in [0.1, 0.15) is 18.0 Å². The molecule has 0 fully saturated rings. The minimum atomic E-state index is -0.859. The van der Waals surface area contributed by atoms with Crippen molar-refractivity contribution in [3.8, 4) is 5.75 Å². The van der Waals surface area contributed by atoms with Gasteiger partial charge in [-0.2, -0.15) is 0 Å². The van der Waals surface area contributed by atoms with E-state index in [1.807, 2.05) is 54.6 Å². The molecule has 0 spiro atoms. The lowest BCUT2D eigenvalue weighted by atomic mass is 10.1. The van der Waals surface area contributed by atoms with Crippen LogP contribution in [0.2, 0.25) is 0 Å². The summed E-state index contributed by atoms with van der Waals surface area (Å²) < 4.78 is 10.8. The standard InChI is InChI=1S/C18H21NO3/c1-18(2,21-3)17(20)19-15-9-11-16(12-10-15)22-13-14-7-5-4-6-8-14/h4-12H,13H2,1-3H3,(H,19,20). The highest BCUT2D eigenvalue weighted by Gasteiger charge is 2.26. The monoisotopic (exact) mass is 299 g/mol. The summed E-state index contributed by atoms with van der Waals surface area (Å²) in [6, 6.07) is 17.2. The van der Waals surface area contributed by atoms with Crippen LogP contribution in [0.5, 0.6) is 5.75 Å². The van der Waals surface area contributed by atoms with Crippen LogP contribution in [0.3, 0.4) is 0 Å². The van der Waals surface area contributed by atoms with Gasteiger partial charge >= 0.3 is 0 Å². The first-order valence-corrected chi connectivity index (χ1v) is 7.14. The number of amides is 1. The van der Waals surface area contributed by atoms with E-state index in [-0.39, 0.29) is 5.91 Å². The topological polar surface area (TPSA) is 47.6 Å². The van der Waals surface area contributed by atoms with Gasteiger partial charge in [-0.25, -0.2) is 0 Å². The second-order valence-electron chi connectivity index (χ2n) is 5.47. The lowest BCUT2D eigenvalue weighted by molar-refractivity contribution is -0.133. The maximum Gasteiger partial charge on any atom is 0.256 e. The van der Waals surface area contributed by atoms with Crippen molar-refractivity contribution in [2.24, 2.45) is 0 Å². The fourth-order valence-electron chi connectivity index (χ4n) is 1.75. The van der Waals surface area contributed by atoms with Crippen LogP contribution in [0.25, 0.3) is 0 Å². The Kier molecular flexibility index (Phi) is 5.17. The SMILES string of the molecule is COC(C)(C)C(=O)Nc1ccc(OCc2ccccc2)cc1. The highest BCUT2D eigenvalue weighted by Crippen LogP contribution is 2.19. The normalized spacial score (nSPS) is 11.0. The fourth-order valence-corrected chi connectivity index (χ4v) is 1.75. The van der Waals surface area contributed by atoms with Crippen molar-refractivity contribution in [2.45, 2.75) is 26.1 Å². The Morgan fingerprint density at radius 2 is 1.68 bits per heavy atom. The molecule has 0 radical (unpaired) electrons. The maximum absolute atomic E-state index is 12.0. The summed E-state index contributed by atoms with van der Waals surface area (Å²) in [5, 5.41) is 2.81.